The van der Waals surface area contributed by atoms with Crippen molar-refractivity contribution in [1.29, 1.82) is 0 Å². The molecule has 0 bridgehead atoms. The summed E-state index contributed by atoms with van der Waals surface area (Å²) in [7, 11) is 0. The maximum absolute atomic E-state index is 11.6. The zero-order chi connectivity index (χ0) is 14.4. The molecular weight excluding hydrogens is 324 g/mol. The Morgan fingerprint density at radius 2 is 2.25 bits per heavy atom. The number of carbonyl (C=O) groups excluding carboxylic acids is 1. The number of halogens is 1. The molecule has 0 radical (unpaired) electrons. The summed E-state index contributed by atoms with van der Waals surface area (Å²) in [5.41, 5.74) is 0. The second-order valence-electron chi connectivity index (χ2n) is 4.93. The molecular formula is C14H19BrN2O3. The van der Waals surface area contributed by atoms with Crippen LogP contribution in [-0.4, -0.2) is 43.4 Å². The van der Waals surface area contributed by atoms with Gasteiger partial charge in [-0.15, -0.1) is 0 Å². The molecule has 2 rings (SSSR count). The fraction of sp³-hybridized carbons (Fsp3) is 0.500. The number of aliphatic hydroxyl groups excluding tert-OH is 1. The second kappa shape index (κ2) is 7.61. The van der Waals surface area contributed by atoms with Crippen LogP contribution in [0, 0.1) is 5.92 Å². The molecule has 0 aromatic heterocycles. The lowest BCUT2D eigenvalue weighted by molar-refractivity contribution is -0.122. The maximum atomic E-state index is 11.6. The fourth-order valence-electron chi connectivity index (χ4n) is 1.87. The molecule has 20 heavy (non-hydrogen) atoms. The first-order valence-electron chi connectivity index (χ1n) is 6.68. The van der Waals surface area contributed by atoms with Gasteiger partial charge in [-0.05, 0) is 47.1 Å². The zero-order valence-electron chi connectivity index (χ0n) is 11.1. The lowest BCUT2D eigenvalue weighted by Gasteiger charge is -2.26. The summed E-state index contributed by atoms with van der Waals surface area (Å²) < 4.78 is 6.33. The minimum Gasteiger partial charge on any atom is -0.490 e. The molecule has 110 valence electrons. The third-order valence-electron chi connectivity index (χ3n) is 3.14. The summed E-state index contributed by atoms with van der Waals surface area (Å²) in [5.74, 6) is 1.10. The number of hydrogen-bond acceptors (Lipinski definition) is 4. The van der Waals surface area contributed by atoms with Crippen LogP contribution in [0.1, 0.15) is 6.42 Å². The van der Waals surface area contributed by atoms with Gasteiger partial charge in [0.2, 0.25) is 5.91 Å². The van der Waals surface area contributed by atoms with Gasteiger partial charge in [0.05, 0.1) is 4.47 Å². The largest absolute Gasteiger partial charge is 0.490 e. The minimum absolute atomic E-state index is 0.0172. The van der Waals surface area contributed by atoms with Gasteiger partial charge >= 0.3 is 0 Å². The average Bonchev–Trinajstić information content (AvgIpc) is 2.40. The molecule has 1 aromatic carbocycles. The first-order chi connectivity index (χ1) is 9.65. The Morgan fingerprint density at radius 3 is 2.90 bits per heavy atom. The van der Waals surface area contributed by atoms with E-state index in [4.69, 9.17) is 4.74 Å². The molecule has 1 saturated heterocycles. The predicted molar refractivity (Wildman–Crippen MR) is 79.6 cm³/mol. The highest BCUT2D eigenvalue weighted by Crippen LogP contribution is 2.23. The van der Waals surface area contributed by atoms with E-state index in [0.717, 1.165) is 17.6 Å². The molecule has 1 unspecified atom stereocenters. The predicted octanol–water partition coefficient (Wildman–Crippen LogP) is 0.915. The van der Waals surface area contributed by atoms with Crippen LogP contribution in [0.25, 0.3) is 0 Å². The Hall–Kier alpha value is -1.11. The monoisotopic (exact) mass is 342 g/mol. The average molecular weight is 343 g/mol. The number of hydrogen-bond donors (Lipinski definition) is 3. The molecule has 3 N–H and O–H groups in total. The lowest BCUT2D eigenvalue weighted by atomic mass is 9.99. The van der Waals surface area contributed by atoms with Gasteiger partial charge in [0.15, 0.2) is 0 Å². The highest BCUT2D eigenvalue weighted by Gasteiger charge is 2.20. The molecule has 1 aliphatic heterocycles. The molecule has 1 fully saturated rings. The zero-order valence-corrected chi connectivity index (χ0v) is 12.7. The van der Waals surface area contributed by atoms with Gasteiger partial charge < -0.3 is 20.5 Å². The first kappa shape index (κ1) is 15.3. The lowest BCUT2D eigenvalue weighted by Crippen LogP contribution is -2.45. The smallest absolute Gasteiger partial charge is 0.220 e. The van der Waals surface area contributed by atoms with E-state index in [1.807, 2.05) is 24.3 Å². The van der Waals surface area contributed by atoms with Crippen LogP contribution in [0.5, 0.6) is 5.75 Å². The van der Waals surface area contributed by atoms with Crippen molar-refractivity contribution in [2.24, 2.45) is 5.92 Å². The van der Waals surface area contributed by atoms with Gasteiger partial charge in [-0.2, -0.15) is 0 Å². The number of amides is 1. The molecule has 1 amide bonds. The van der Waals surface area contributed by atoms with E-state index >= 15 is 0 Å². The van der Waals surface area contributed by atoms with E-state index in [2.05, 4.69) is 26.6 Å². The van der Waals surface area contributed by atoms with E-state index < -0.39 is 6.10 Å². The summed E-state index contributed by atoms with van der Waals surface area (Å²) in [6.45, 7) is 2.17. The number of carbonyl (C=O) groups is 1. The third kappa shape index (κ3) is 4.77. The molecule has 1 heterocycles. The number of ether oxygens (including phenoxy) is 1. The van der Waals surface area contributed by atoms with Gasteiger partial charge in [-0.1, -0.05) is 12.1 Å². The van der Waals surface area contributed by atoms with Crippen molar-refractivity contribution < 1.29 is 14.6 Å². The van der Waals surface area contributed by atoms with Crippen molar-refractivity contribution in [3.8, 4) is 5.75 Å². The molecule has 0 spiro atoms. The van der Waals surface area contributed by atoms with Gasteiger partial charge in [0.1, 0.15) is 18.5 Å². The van der Waals surface area contributed by atoms with Crippen molar-refractivity contribution in [1.82, 2.24) is 10.6 Å². The van der Waals surface area contributed by atoms with Crippen molar-refractivity contribution in [3.63, 3.8) is 0 Å². The van der Waals surface area contributed by atoms with Crippen LogP contribution in [0.15, 0.2) is 28.7 Å². The Kier molecular flexibility index (Phi) is 5.82. The van der Waals surface area contributed by atoms with Gasteiger partial charge in [-0.25, -0.2) is 0 Å². The van der Waals surface area contributed by atoms with Crippen LogP contribution in [0.4, 0.5) is 0 Å². The molecule has 0 aliphatic carbocycles. The normalized spacial score (nSPS) is 16.3. The Morgan fingerprint density at radius 1 is 1.50 bits per heavy atom. The quantitative estimate of drug-likeness (QED) is 0.689. The summed E-state index contributed by atoms with van der Waals surface area (Å²) in [5, 5.41) is 15.6. The van der Waals surface area contributed by atoms with Crippen molar-refractivity contribution in [3.05, 3.63) is 28.7 Å². The fourth-order valence-corrected chi connectivity index (χ4v) is 2.26. The van der Waals surface area contributed by atoms with Gasteiger partial charge in [0.25, 0.3) is 0 Å². The summed E-state index contributed by atoms with van der Waals surface area (Å²) in [6.07, 6.45) is -0.198. The summed E-state index contributed by atoms with van der Waals surface area (Å²) in [4.78, 5) is 11.6. The Bertz CT molecular complexity index is 452. The molecule has 1 atom stereocenters. The number of nitrogens with one attached hydrogen (secondary N) is 2. The molecule has 1 aromatic rings. The highest BCUT2D eigenvalue weighted by molar-refractivity contribution is 9.10. The first-order valence-corrected chi connectivity index (χ1v) is 7.47. The maximum Gasteiger partial charge on any atom is 0.220 e. The van der Waals surface area contributed by atoms with Gasteiger partial charge in [-0.3, -0.25) is 4.79 Å². The van der Waals surface area contributed by atoms with Crippen LogP contribution in [0.2, 0.25) is 0 Å². The number of para-hydroxylation sites is 1. The molecule has 0 saturated carbocycles. The summed E-state index contributed by atoms with van der Waals surface area (Å²) in [6, 6.07) is 7.44. The number of benzene rings is 1. The summed E-state index contributed by atoms with van der Waals surface area (Å²) >= 11 is 3.37. The minimum atomic E-state index is -0.717. The van der Waals surface area contributed by atoms with Crippen LogP contribution in [-0.2, 0) is 4.79 Å². The van der Waals surface area contributed by atoms with E-state index in [1.165, 1.54) is 0 Å². The van der Waals surface area contributed by atoms with E-state index in [0.29, 0.717) is 18.1 Å². The number of aliphatic hydroxyl groups is 1. The SMILES string of the molecule is O=C(CC1CNC1)NCC(O)COc1ccccc1Br. The third-order valence-corrected chi connectivity index (χ3v) is 3.80. The van der Waals surface area contributed by atoms with E-state index in [9.17, 15) is 9.90 Å². The second-order valence-corrected chi connectivity index (χ2v) is 5.78. The van der Waals surface area contributed by atoms with E-state index in [1.54, 1.807) is 0 Å². The molecule has 5 nitrogen and oxygen atoms in total. The Labute approximate surface area is 126 Å². The van der Waals surface area contributed by atoms with Crippen LogP contribution >= 0.6 is 15.9 Å². The van der Waals surface area contributed by atoms with Crippen molar-refractivity contribution in [2.45, 2.75) is 12.5 Å². The Balaban J connectivity index is 1.63. The van der Waals surface area contributed by atoms with Crippen molar-refractivity contribution >= 4 is 21.8 Å². The van der Waals surface area contributed by atoms with Gasteiger partial charge in [0, 0.05) is 13.0 Å². The van der Waals surface area contributed by atoms with Crippen LogP contribution in [0.3, 0.4) is 0 Å². The number of rotatable bonds is 7. The van der Waals surface area contributed by atoms with Crippen LogP contribution < -0.4 is 15.4 Å². The topological polar surface area (TPSA) is 70.6 Å². The standard InChI is InChI=1S/C14H19BrN2O3/c15-12-3-1-2-4-13(12)20-9-11(18)8-17-14(19)5-10-6-16-7-10/h1-4,10-11,16,18H,5-9H2,(H,17,19). The van der Waals surface area contributed by atoms with E-state index in [-0.39, 0.29) is 19.1 Å². The highest BCUT2D eigenvalue weighted by atomic mass is 79.9. The molecule has 6 heteroatoms. The van der Waals surface area contributed by atoms with Crippen molar-refractivity contribution in [2.75, 3.05) is 26.2 Å². The molecule has 1 aliphatic rings.